The van der Waals surface area contributed by atoms with Crippen LogP contribution in [0.2, 0.25) is 0 Å². The average Bonchev–Trinajstić information content (AvgIpc) is 0.804. The predicted octanol–water partition coefficient (Wildman–Crippen LogP) is 7.83. The van der Waals surface area contributed by atoms with Crippen molar-refractivity contribution in [1.82, 2.24) is 44.9 Å². The number of hydrogen-bond donors (Lipinski definition) is 3. The third-order valence-corrected chi connectivity index (χ3v) is 19.2. The minimum atomic E-state index is -1.59. The minimum Gasteiger partial charge on any atom is -0.390 e. The fourth-order valence-corrected chi connectivity index (χ4v) is 12.9. The summed E-state index contributed by atoms with van der Waals surface area (Å²) in [6.07, 6.45) is 2.93. The Balaban J connectivity index is 2.96. The molecule has 0 radical (unpaired) electrons. The lowest BCUT2D eigenvalue weighted by Gasteiger charge is -2.41. The quantitative estimate of drug-likeness (QED) is 0.0933. The SMILES string of the molecule is CCCOCCNC(=O)c1ccc(/C=C/C[C@@H](C)[C@@H](O)[C@H]2C(=O)C[C@@H](CC)C(=O)N(C)CC(=O)N(C)[C@@H](CC(C)C)C(=O)C[C@@H](C(C)C)C(=O)N(C)[C@@H](CC(C)C)C(=O)CC(C)C(=O)N[C@H](C)C(=O)N(C)[C@@H](CC(C)C)C(=O)N(C)C(CC(C)C)C(=O)N(C)[C@@H](C(C)C)C(=O)N2C)cc1. The molecule has 1 saturated heterocycles. The lowest BCUT2D eigenvalue weighted by molar-refractivity contribution is -0.157. The standard InChI is InChI=1S/C76H127N9O14/c1-25-35-99-36-34-77-70(92)56-32-30-54(31-33-56)29-27-28-51(15)68(90)67-64(88)42-55(26-2)72(94)79(18)44-65(89)80(19)58(37-45(3)4)63(87)43-57(49(11)12)73(95)81(20)59(38-46(5)6)62(86)41-52(16)69(91)78-53(17)71(93)82(21)60(39-47(7)8)74(96)83(22)61(40-48(9)10)75(97)84(23)66(50(13)14)76(98)85(67)24/h27,29-33,45-53,55,57-61,66-68,90H,25-26,28,34-44H2,1-24H3,(H,77,92)(H,78,91)/b29-27+/t51-,52?,53-,55-,57+,58+,59+,60+,61?,66+,67-,68-/m1/s1. The molecule has 99 heavy (non-hydrogen) atoms. The first-order chi connectivity index (χ1) is 46.1. The van der Waals surface area contributed by atoms with Crippen LogP contribution in [0.25, 0.3) is 6.08 Å². The Bertz CT molecular complexity index is 2890. The predicted molar refractivity (Wildman–Crippen MR) is 386 cm³/mol. The van der Waals surface area contributed by atoms with E-state index in [2.05, 4.69) is 10.6 Å². The molecule has 0 aromatic heterocycles. The van der Waals surface area contributed by atoms with Gasteiger partial charge < -0.3 is 54.8 Å². The van der Waals surface area contributed by atoms with Crippen molar-refractivity contribution in [3.63, 3.8) is 0 Å². The number of ether oxygens (including phenoxy) is 1. The van der Waals surface area contributed by atoms with Gasteiger partial charge in [-0.25, -0.2) is 0 Å². The van der Waals surface area contributed by atoms with E-state index in [9.17, 15) is 43.5 Å². The number of carbonyl (C=O) groups is 12. The maximum absolute atomic E-state index is 15.5. The molecule has 12 atom stereocenters. The van der Waals surface area contributed by atoms with E-state index in [0.29, 0.717) is 25.3 Å². The van der Waals surface area contributed by atoms with Crippen LogP contribution in [-0.4, -0.2) is 234 Å². The highest BCUT2D eigenvalue weighted by atomic mass is 16.5. The van der Waals surface area contributed by atoms with Gasteiger partial charge in [0, 0.05) is 105 Å². The van der Waals surface area contributed by atoms with E-state index in [4.69, 9.17) is 4.74 Å². The van der Waals surface area contributed by atoms with Gasteiger partial charge in [0.15, 0.2) is 17.3 Å². The van der Waals surface area contributed by atoms with E-state index >= 15 is 19.2 Å². The van der Waals surface area contributed by atoms with Gasteiger partial charge in [0.2, 0.25) is 47.3 Å². The van der Waals surface area contributed by atoms with Crippen molar-refractivity contribution >= 4 is 76.6 Å². The molecule has 1 aromatic carbocycles. The van der Waals surface area contributed by atoms with Gasteiger partial charge >= 0.3 is 0 Å². The van der Waals surface area contributed by atoms with Gasteiger partial charge in [-0.1, -0.05) is 135 Å². The number of nitrogens with zero attached hydrogens (tertiary/aromatic N) is 7. The number of ketones is 3. The second-order valence-corrected chi connectivity index (χ2v) is 30.4. The van der Waals surface area contributed by atoms with Gasteiger partial charge in [-0.15, -0.1) is 0 Å². The molecule has 1 aliphatic rings. The highest BCUT2D eigenvalue weighted by Crippen LogP contribution is 2.30. The number of aliphatic hydroxyl groups is 1. The fraction of sp³-hybridized carbons (Fsp3) is 0.737. The van der Waals surface area contributed by atoms with Crippen LogP contribution in [-0.2, 0) is 57.5 Å². The zero-order chi connectivity index (χ0) is 75.8. The molecular weight excluding hydrogens is 1260 g/mol. The van der Waals surface area contributed by atoms with Crippen LogP contribution >= 0.6 is 0 Å². The number of rotatable bonds is 22. The Kier molecular flexibility index (Phi) is 37.2. The van der Waals surface area contributed by atoms with Crippen molar-refractivity contribution in [2.45, 2.75) is 230 Å². The molecule has 0 saturated carbocycles. The van der Waals surface area contributed by atoms with Gasteiger partial charge in [0.25, 0.3) is 5.91 Å². The number of Topliss-reactive ketones (excluding diaryl/α,β-unsaturated/α-hetero) is 3. The molecule has 1 aromatic rings. The molecule has 23 heteroatoms. The summed E-state index contributed by atoms with van der Waals surface area (Å²) in [5.74, 6) is -11.7. The second kappa shape index (κ2) is 41.8. The lowest BCUT2D eigenvalue weighted by Crippen LogP contribution is -2.61. The Morgan fingerprint density at radius 1 is 0.556 bits per heavy atom. The monoisotopic (exact) mass is 1390 g/mol. The van der Waals surface area contributed by atoms with E-state index in [1.807, 2.05) is 62.3 Å². The molecule has 0 spiro atoms. The largest absolute Gasteiger partial charge is 0.390 e. The third-order valence-electron chi connectivity index (χ3n) is 19.2. The fourth-order valence-electron chi connectivity index (χ4n) is 12.9. The first kappa shape index (κ1) is 88.2. The minimum absolute atomic E-state index is 0.0806. The van der Waals surface area contributed by atoms with Crippen molar-refractivity contribution in [3.8, 4) is 0 Å². The van der Waals surface area contributed by atoms with Crippen molar-refractivity contribution in [2.75, 3.05) is 75.6 Å². The second-order valence-electron chi connectivity index (χ2n) is 30.4. The molecule has 1 heterocycles. The highest BCUT2D eigenvalue weighted by Gasteiger charge is 2.46. The molecular formula is C76H127N9O14. The molecule has 1 fully saturated rings. The Morgan fingerprint density at radius 3 is 1.53 bits per heavy atom. The maximum atomic E-state index is 15.5. The van der Waals surface area contributed by atoms with Gasteiger partial charge in [-0.2, -0.15) is 0 Å². The molecule has 1 aliphatic heterocycles. The maximum Gasteiger partial charge on any atom is 0.251 e. The van der Waals surface area contributed by atoms with Crippen LogP contribution in [0.1, 0.15) is 198 Å². The summed E-state index contributed by atoms with van der Waals surface area (Å²) >= 11 is 0. The van der Waals surface area contributed by atoms with E-state index < -0.39 is 161 Å². The Hall–Kier alpha value is -6.88. The summed E-state index contributed by atoms with van der Waals surface area (Å²) in [6, 6.07) is -1.48. The van der Waals surface area contributed by atoms with Crippen molar-refractivity contribution in [1.29, 1.82) is 0 Å². The van der Waals surface area contributed by atoms with Crippen LogP contribution in [0.5, 0.6) is 0 Å². The van der Waals surface area contributed by atoms with Gasteiger partial charge in [0.1, 0.15) is 30.2 Å². The summed E-state index contributed by atoms with van der Waals surface area (Å²) in [7, 11) is 10.2. The van der Waals surface area contributed by atoms with E-state index in [0.717, 1.165) is 16.9 Å². The number of hydrogen-bond acceptors (Lipinski definition) is 14. The molecule has 3 N–H and O–H groups in total. The smallest absolute Gasteiger partial charge is 0.251 e. The highest BCUT2D eigenvalue weighted by molar-refractivity contribution is 6.00. The lowest BCUT2D eigenvalue weighted by atomic mass is 9.84. The van der Waals surface area contributed by atoms with E-state index in [1.165, 1.54) is 85.7 Å². The number of allylic oxidation sites excluding steroid dienone is 1. The van der Waals surface area contributed by atoms with Crippen LogP contribution in [0.3, 0.4) is 0 Å². The zero-order valence-corrected chi connectivity index (χ0v) is 64.6. The van der Waals surface area contributed by atoms with Crippen LogP contribution in [0.15, 0.2) is 30.3 Å². The number of likely N-dealkylation sites (N-methyl/N-ethyl adjacent to an activating group) is 7. The first-order valence-electron chi connectivity index (χ1n) is 36.1. The summed E-state index contributed by atoms with van der Waals surface area (Å²) in [6.45, 7) is 31.5. The first-order valence-corrected chi connectivity index (χ1v) is 36.1. The normalized spacial score (nSPS) is 24.9. The molecule has 0 bridgehead atoms. The number of carbonyl (C=O) groups excluding carboxylic acids is 12. The van der Waals surface area contributed by atoms with Crippen molar-refractivity contribution in [2.24, 2.45) is 59.2 Å². The molecule has 2 rings (SSSR count). The molecule has 560 valence electrons. The Labute approximate surface area is 593 Å². The van der Waals surface area contributed by atoms with E-state index in [-0.39, 0.29) is 80.9 Å². The third kappa shape index (κ3) is 26.2. The van der Waals surface area contributed by atoms with Gasteiger partial charge in [-0.05, 0) is 111 Å². The number of benzene rings is 1. The van der Waals surface area contributed by atoms with Crippen molar-refractivity contribution in [3.05, 3.63) is 41.5 Å². The molecule has 23 nitrogen and oxygen atoms in total. The summed E-state index contributed by atoms with van der Waals surface area (Å²) in [5.41, 5.74) is 1.20. The molecule has 9 amide bonds. The Morgan fingerprint density at radius 2 is 1.03 bits per heavy atom. The van der Waals surface area contributed by atoms with Crippen molar-refractivity contribution < 1.29 is 67.4 Å². The number of nitrogens with one attached hydrogen (secondary N) is 2. The van der Waals surface area contributed by atoms with Crippen LogP contribution in [0.4, 0.5) is 0 Å². The zero-order valence-electron chi connectivity index (χ0n) is 64.6. The molecule has 2 unspecified atom stereocenters. The molecule has 0 aliphatic carbocycles. The topological polar surface area (TPSA) is 281 Å². The summed E-state index contributed by atoms with van der Waals surface area (Å²) in [5, 5.41) is 18.2. The average molecular weight is 1390 g/mol. The number of amides is 9. The van der Waals surface area contributed by atoms with E-state index in [1.54, 1.807) is 84.9 Å². The van der Waals surface area contributed by atoms with Crippen LogP contribution in [0, 0.1) is 59.2 Å². The van der Waals surface area contributed by atoms with Gasteiger partial charge in [0.05, 0.1) is 31.3 Å². The number of aliphatic hydroxyl groups excluding tert-OH is 1. The van der Waals surface area contributed by atoms with Gasteiger partial charge in [-0.3, -0.25) is 57.5 Å². The summed E-state index contributed by atoms with van der Waals surface area (Å²) < 4.78 is 5.47. The van der Waals surface area contributed by atoms with Crippen LogP contribution < -0.4 is 10.6 Å². The summed E-state index contributed by atoms with van der Waals surface area (Å²) in [4.78, 5) is 185.